The molecule has 0 aliphatic carbocycles. The van der Waals surface area contributed by atoms with Gasteiger partial charge in [0.05, 0.1) is 7.11 Å². The summed E-state index contributed by atoms with van der Waals surface area (Å²) in [5.41, 5.74) is 1.39. The molecule has 10 heteroatoms. The zero-order valence-electron chi connectivity index (χ0n) is 20.1. The van der Waals surface area contributed by atoms with E-state index in [9.17, 15) is 17.6 Å². The number of amides is 1. The summed E-state index contributed by atoms with van der Waals surface area (Å²) in [5.74, 6) is -0.113. The fourth-order valence-corrected chi connectivity index (χ4v) is 5.96. The number of piperidine rings is 1. The van der Waals surface area contributed by atoms with Gasteiger partial charge in [-0.25, -0.2) is 12.8 Å². The molecule has 1 aromatic heterocycles. The van der Waals surface area contributed by atoms with E-state index in [0.29, 0.717) is 30.7 Å². The van der Waals surface area contributed by atoms with E-state index >= 15 is 0 Å². The van der Waals surface area contributed by atoms with Crippen molar-refractivity contribution in [1.82, 2.24) is 14.8 Å². The second-order valence-corrected chi connectivity index (χ2v) is 10.4. The first kappa shape index (κ1) is 25.6. The fraction of sp³-hybridized carbons (Fsp3) is 0.308. The third kappa shape index (κ3) is 5.50. The third-order valence-electron chi connectivity index (χ3n) is 6.22. The van der Waals surface area contributed by atoms with E-state index < -0.39 is 15.8 Å². The molecule has 1 N–H and O–H groups in total. The van der Waals surface area contributed by atoms with Crippen molar-refractivity contribution in [2.75, 3.05) is 20.2 Å². The molecular weight excluding hydrogens is 485 g/mol. The van der Waals surface area contributed by atoms with Crippen molar-refractivity contribution in [3.05, 3.63) is 76.9 Å². The highest BCUT2D eigenvalue weighted by molar-refractivity contribution is 7.89. The summed E-state index contributed by atoms with van der Waals surface area (Å²) in [4.78, 5) is 12.7. The Bertz CT molecular complexity index is 1360. The van der Waals surface area contributed by atoms with Crippen LogP contribution >= 0.6 is 0 Å². The van der Waals surface area contributed by atoms with Gasteiger partial charge in [-0.15, -0.1) is 0 Å². The Kier molecular flexibility index (Phi) is 7.85. The predicted octanol–water partition coefficient (Wildman–Crippen LogP) is 4.02. The Morgan fingerprint density at radius 2 is 1.86 bits per heavy atom. The maximum absolute atomic E-state index is 14.0. The van der Waals surface area contributed by atoms with Crippen LogP contribution < -0.4 is 10.1 Å². The van der Waals surface area contributed by atoms with Gasteiger partial charge in [0.25, 0.3) is 0 Å². The summed E-state index contributed by atoms with van der Waals surface area (Å²) >= 11 is 0. The van der Waals surface area contributed by atoms with Crippen molar-refractivity contribution in [2.24, 2.45) is 5.92 Å². The summed E-state index contributed by atoms with van der Waals surface area (Å²) < 4.78 is 52.7. The molecule has 2 heterocycles. The Morgan fingerprint density at radius 1 is 1.17 bits per heavy atom. The van der Waals surface area contributed by atoms with E-state index in [4.69, 9.17) is 9.26 Å². The van der Waals surface area contributed by atoms with Crippen LogP contribution in [0.2, 0.25) is 0 Å². The van der Waals surface area contributed by atoms with Crippen molar-refractivity contribution in [1.29, 1.82) is 0 Å². The van der Waals surface area contributed by atoms with Crippen LogP contribution in [0.15, 0.2) is 57.9 Å². The number of hydrogen-bond acceptors (Lipinski definition) is 6. The van der Waals surface area contributed by atoms with Gasteiger partial charge in [0.15, 0.2) is 10.7 Å². The van der Waals surface area contributed by atoms with Crippen molar-refractivity contribution < 1.29 is 26.9 Å². The first-order valence-corrected chi connectivity index (χ1v) is 13.0. The van der Waals surface area contributed by atoms with Gasteiger partial charge >= 0.3 is 0 Å². The summed E-state index contributed by atoms with van der Waals surface area (Å²) in [6, 6.07) is 13.6. The lowest BCUT2D eigenvalue weighted by atomic mass is 9.97. The van der Waals surface area contributed by atoms with Gasteiger partial charge in [0.1, 0.15) is 17.3 Å². The SMILES string of the molecule is COc1ccccc1CNC(=O)C1CCN(S(=O)(=O)c2c(C)noc2/C=C/c2ccccc2F)CC1. The summed E-state index contributed by atoms with van der Waals surface area (Å²) in [7, 11) is -2.35. The Hall–Kier alpha value is -3.50. The zero-order chi connectivity index (χ0) is 25.7. The van der Waals surface area contributed by atoms with Gasteiger partial charge in [-0.3, -0.25) is 4.79 Å². The lowest BCUT2D eigenvalue weighted by molar-refractivity contribution is -0.126. The highest BCUT2D eigenvalue weighted by atomic mass is 32.2. The molecule has 1 aliphatic heterocycles. The van der Waals surface area contributed by atoms with Gasteiger partial charge in [-0.2, -0.15) is 4.31 Å². The summed E-state index contributed by atoms with van der Waals surface area (Å²) in [6.45, 7) is 2.26. The highest BCUT2D eigenvalue weighted by Crippen LogP contribution is 2.29. The smallest absolute Gasteiger partial charge is 0.248 e. The van der Waals surface area contributed by atoms with Gasteiger partial charge in [0.2, 0.25) is 15.9 Å². The normalized spacial score (nSPS) is 15.3. The number of carbonyl (C=O) groups excluding carboxylic acids is 1. The lowest BCUT2D eigenvalue weighted by Crippen LogP contribution is -2.43. The van der Waals surface area contributed by atoms with Crippen molar-refractivity contribution >= 4 is 28.1 Å². The van der Waals surface area contributed by atoms with Gasteiger partial charge in [0, 0.05) is 36.7 Å². The number of rotatable bonds is 8. The molecule has 0 atom stereocenters. The van der Waals surface area contributed by atoms with Crippen LogP contribution in [0.1, 0.15) is 35.4 Å². The fourth-order valence-electron chi connectivity index (χ4n) is 4.24. The van der Waals surface area contributed by atoms with Crippen molar-refractivity contribution in [3.63, 3.8) is 0 Å². The van der Waals surface area contributed by atoms with Crippen LogP contribution in [0, 0.1) is 18.7 Å². The van der Waals surface area contributed by atoms with Crippen molar-refractivity contribution in [3.8, 4) is 5.75 Å². The molecule has 1 amide bonds. The van der Waals surface area contributed by atoms with E-state index in [2.05, 4.69) is 10.5 Å². The monoisotopic (exact) mass is 513 g/mol. The Morgan fingerprint density at radius 3 is 2.58 bits per heavy atom. The molecule has 0 radical (unpaired) electrons. The number of aromatic nitrogens is 1. The van der Waals surface area contributed by atoms with Gasteiger partial charge in [-0.1, -0.05) is 41.6 Å². The first-order valence-electron chi connectivity index (χ1n) is 11.6. The average molecular weight is 514 g/mol. The minimum Gasteiger partial charge on any atom is -0.496 e. The molecule has 4 rings (SSSR count). The molecule has 3 aromatic rings. The van der Waals surface area contributed by atoms with E-state index in [-0.39, 0.29) is 41.3 Å². The third-order valence-corrected chi connectivity index (χ3v) is 8.28. The van der Waals surface area contributed by atoms with E-state index in [0.717, 1.165) is 5.56 Å². The van der Waals surface area contributed by atoms with E-state index in [1.54, 1.807) is 32.2 Å². The predicted molar refractivity (Wildman–Crippen MR) is 133 cm³/mol. The van der Waals surface area contributed by atoms with E-state index in [1.165, 1.54) is 22.5 Å². The quantitative estimate of drug-likeness (QED) is 0.488. The van der Waals surface area contributed by atoms with Gasteiger partial charge < -0.3 is 14.6 Å². The van der Waals surface area contributed by atoms with Crippen LogP contribution in [-0.2, 0) is 21.4 Å². The molecular formula is C26H28FN3O5S. The number of nitrogens with zero attached hydrogens (tertiary/aromatic N) is 2. The molecule has 0 saturated carbocycles. The molecule has 190 valence electrons. The number of nitrogens with one attached hydrogen (secondary N) is 1. The summed E-state index contributed by atoms with van der Waals surface area (Å²) in [5, 5.41) is 6.75. The largest absolute Gasteiger partial charge is 0.496 e. The number of sulfonamides is 1. The molecule has 0 unspecified atom stereocenters. The minimum atomic E-state index is -3.92. The van der Waals surface area contributed by atoms with Crippen LogP contribution in [0.25, 0.3) is 12.2 Å². The molecule has 0 spiro atoms. The minimum absolute atomic E-state index is 0.0347. The topological polar surface area (TPSA) is 102 Å². The average Bonchev–Trinajstić information content (AvgIpc) is 3.28. The van der Waals surface area contributed by atoms with E-state index in [1.807, 2.05) is 24.3 Å². The Labute approximate surface area is 209 Å². The highest BCUT2D eigenvalue weighted by Gasteiger charge is 2.35. The number of ether oxygens (including phenoxy) is 1. The number of methoxy groups -OCH3 is 1. The number of benzene rings is 2. The molecule has 0 bridgehead atoms. The summed E-state index contributed by atoms with van der Waals surface area (Å²) in [6.07, 6.45) is 3.64. The number of para-hydroxylation sites is 1. The number of halogens is 1. The number of carbonyl (C=O) groups is 1. The number of hydrogen-bond donors (Lipinski definition) is 1. The maximum Gasteiger partial charge on any atom is 0.248 e. The molecule has 2 aromatic carbocycles. The van der Waals surface area contributed by atoms with Crippen LogP contribution in [-0.4, -0.2) is 44.0 Å². The lowest BCUT2D eigenvalue weighted by Gasteiger charge is -2.30. The zero-order valence-corrected chi connectivity index (χ0v) is 20.9. The standard InChI is InChI=1S/C26H28FN3O5S/c1-18-25(24(35-29-18)12-11-19-7-3-5-9-22(19)27)36(32,33)30-15-13-20(14-16-30)26(31)28-17-21-8-4-6-10-23(21)34-2/h3-12,20H,13-17H2,1-2H3,(H,28,31)/b12-11+. The maximum atomic E-state index is 14.0. The second kappa shape index (κ2) is 11.0. The van der Waals surface area contributed by atoms with Crippen molar-refractivity contribution in [2.45, 2.75) is 31.2 Å². The molecule has 1 fully saturated rings. The van der Waals surface area contributed by atoms with Crippen LogP contribution in [0.4, 0.5) is 4.39 Å². The molecule has 1 saturated heterocycles. The molecule has 36 heavy (non-hydrogen) atoms. The second-order valence-electron chi connectivity index (χ2n) is 8.52. The van der Waals surface area contributed by atoms with Gasteiger partial charge in [-0.05, 0) is 44.1 Å². The molecule has 8 nitrogen and oxygen atoms in total. The first-order chi connectivity index (χ1) is 17.3. The Balaban J connectivity index is 1.41. The molecule has 1 aliphatic rings. The van der Waals surface area contributed by atoms with Crippen LogP contribution in [0.5, 0.6) is 5.75 Å². The van der Waals surface area contributed by atoms with Crippen LogP contribution in [0.3, 0.4) is 0 Å². The number of aryl methyl sites for hydroxylation is 1.